The van der Waals surface area contributed by atoms with Crippen LogP contribution in [0.5, 0.6) is 0 Å². The summed E-state index contributed by atoms with van der Waals surface area (Å²) in [6.07, 6.45) is 4.53. The van der Waals surface area contributed by atoms with Crippen LogP contribution in [0.1, 0.15) is 30.6 Å². The highest BCUT2D eigenvalue weighted by atomic mass is 32.1. The van der Waals surface area contributed by atoms with Crippen molar-refractivity contribution in [1.82, 2.24) is 15.5 Å². The molecule has 1 aliphatic carbocycles. The summed E-state index contributed by atoms with van der Waals surface area (Å²) in [5.41, 5.74) is 0.0216. The van der Waals surface area contributed by atoms with Gasteiger partial charge in [0, 0.05) is 29.9 Å². The number of hydrogen-bond acceptors (Lipinski definition) is 4. The minimum atomic E-state index is -0.541. The summed E-state index contributed by atoms with van der Waals surface area (Å²) < 4.78 is 0. The van der Waals surface area contributed by atoms with Crippen LogP contribution < -0.4 is 10.6 Å². The summed E-state index contributed by atoms with van der Waals surface area (Å²) in [4.78, 5) is 27.0. The molecule has 0 bridgehead atoms. The van der Waals surface area contributed by atoms with E-state index in [9.17, 15) is 9.59 Å². The first-order valence-corrected chi connectivity index (χ1v) is 8.66. The number of rotatable bonds is 6. The first-order chi connectivity index (χ1) is 10.5. The lowest BCUT2D eigenvalue weighted by Gasteiger charge is -2.28. The molecule has 0 saturated heterocycles. The average Bonchev–Trinajstić information content (AvgIpc) is 3.16. The zero-order valence-electron chi connectivity index (χ0n) is 13.4. The van der Waals surface area contributed by atoms with E-state index in [-0.39, 0.29) is 5.41 Å². The zero-order chi connectivity index (χ0) is 16.0. The molecule has 122 valence electrons. The third-order valence-corrected chi connectivity index (χ3v) is 5.36. The van der Waals surface area contributed by atoms with Crippen LogP contribution in [0.25, 0.3) is 0 Å². The Morgan fingerprint density at radius 1 is 1.23 bits per heavy atom. The lowest BCUT2D eigenvalue weighted by Crippen LogP contribution is -2.46. The fourth-order valence-electron chi connectivity index (χ4n) is 2.95. The van der Waals surface area contributed by atoms with Crippen LogP contribution in [0.3, 0.4) is 0 Å². The van der Waals surface area contributed by atoms with Crippen molar-refractivity contribution in [3.63, 3.8) is 0 Å². The molecule has 5 nitrogen and oxygen atoms in total. The molecule has 0 atom stereocenters. The summed E-state index contributed by atoms with van der Waals surface area (Å²) in [5, 5.41) is 7.55. The standard InChI is InChI=1S/C16H25N3O2S/c1-19(2)10-9-17-14(20)15(21)18-12-16(7-3-4-8-16)13-6-5-11-22-13/h5-6,11H,3-4,7-10,12H2,1-2H3,(H,17,20)(H,18,21). The van der Waals surface area contributed by atoms with Crippen LogP contribution in [0.2, 0.25) is 0 Å². The number of amides is 2. The van der Waals surface area contributed by atoms with Gasteiger partial charge in [-0.2, -0.15) is 0 Å². The maximum absolute atomic E-state index is 12.0. The molecular weight excluding hydrogens is 298 g/mol. The smallest absolute Gasteiger partial charge is 0.309 e. The number of carbonyl (C=O) groups excluding carboxylic acids is 2. The van der Waals surface area contributed by atoms with Gasteiger partial charge < -0.3 is 15.5 Å². The fraction of sp³-hybridized carbons (Fsp3) is 0.625. The fourth-order valence-corrected chi connectivity index (χ4v) is 3.93. The van der Waals surface area contributed by atoms with Crippen LogP contribution in [-0.4, -0.2) is 50.4 Å². The molecule has 6 heteroatoms. The lowest BCUT2D eigenvalue weighted by atomic mass is 9.84. The molecule has 0 aromatic carbocycles. The quantitative estimate of drug-likeness (QED) is 0.777. The van der Waals surface area contributed by atoms with Crippen molar-refractivity contribution in [1.29, 1.82) is 0 Å². The molecule has 0 spiro atoms. The van der Waals surface area contributed by atoms with Crippen molar-refractivity contribution in [2.75, 3.05) is 33.7 Å². The van der Waals surface area contributed by atoms with Crippen LogP contribution in [-0.2, 0) is 15.0 Å². The zero-order valence-corrected chi connectivity index (χ0v) is 14.2. The Morgan fingerprint density at radius 2 is 1.91 bits per heavy atom. The molecule has 0 unspecified atom stereocenters. The van der Waals surface area contributed by atoms with E-state index in [2.05, 4.69) is 28.1 Å². The van der Waals surface area contributed by atoms with E-state index in [0.29, 0.717) is 13.1 Å². The Morgan fingerprint density at radius 3 is 2.50 bits per heavy atom. The molecule has 1 aromatic rings. The number of hydrogen-bond donors (Lipinski definition) is 2. The summed E-state index contributed by atoms with van der Waals surface area (Å²) in [5.74, 6) is -1.07. The predicted octanol–water partition coefficient (Wildman–Crippen LogP) is 1.35. The van der Waals surface area contributed by atoms with Gasteiger partial charge in [0.1, 0.15) is 0 Å². The highest BCUT2D eigenvalue weighted by Crippen LogP contribution is 2.42. The second-order valence-corrected chi connectivity index (χ2v) is 7.15. The monoisotopic (exact) mass is 323 g/mol. The number of nitrogens with zero attached hydrogens (tertiary/aromatic N) is 1. The second kappa shape index (κ2) is 7.74. The Balaban J connectivity index is 1.85. The van der Waals surface area contributed by atoms with E-state index in [0.717, 1.165) is 19.4 Å². The molecule has 1 fully saturated rings. The minimum absolute atomic E-state index is 0.0216. The Kier molecular flexibility index (Phi) is 5.97. The molecule has 0 radical (unpaired) electrons. The van der Waals surface area contributed by atoms with Gasteiger partial charge >= 0.3 is 11.8 Å². The predicted molar refractivity (Wildman–Crippen MR) is 89.0 cm³/mol. The largest absolute Gasteiger partial charge is 0.347 e. The third kappa shape index (κ3) is 4.30. The molecule has 2 amide bonds. The summed E-state index contributed by atoms with van der Waals surface area (Å²) >= 11 is 1.74. The van der Waals surface area contributed by atoms with E-state index < -0.39 is 11.8 Å². The molecule has 22 heavy (non-hydrogen) atoms. The summed E-state index contributed by atoms with van der Waals surface area (Å²) in [6.45, 7) is 1.75. The first-order valence-electron chi connectivity index (χ1n) is 7.78. The van der Waals surface area contributed by atoms with Gasteiger partial charge in [-0.3, -0.25) is 9.59 Å². The van der Waals surface area contributed by atoms with E-state index in [4.69, 9.17) is 0 Å². The molecule has 1 aromatic heterocycles. The van der Waals surface area contributed by atoms with Crippen molar-refractivity contribution in [3.8, 4) is 0 Å². The average molecular weight is 323 g/mol. The van der Waals surface area contributed by atoms with Gasteiger partial charge in [-0.05, 0) is 38.4 Å². The van der Waals surface area contributed by atoms with E-state index in [1.165, 1.54) is 17.7 Å². The van der Waals surface area contributed by atoms with Gasteiger partial charge in [0.25, 0.3) is 0 Å². The summed E-state index contributed by atoms with van der Waals surface area (Å²) in [7, 11) is 3.86. The van der Waals surface area contributed by atoms with E-state index >= 15 is 0 Å². The van der Waals surface area contributed by atoms with E-state index in [1.807, 2.05) is 19.0 Å². The van der Waals surface area contributed by atoms with Crippen LogP contribution in [0.15, 0.2) is 17.5 Å². The maximum Gasteiger partial charge on any atom is 0.309 e. The lowest BCUT2D eigenvalue weighted by molar-refractivity contribution is -0.139. The maximum atomic E-state index is 12.0. The van der Waals surface area contributed by atoms with Crippen LogP contribution in [0, 0.1) is 0 Å². The number of likely N-dealkylation sites (N-methyl/N-ethyl adjacent to an activating group) is 1. The van der Waals surface area contributed by atoms with E-state index in [1.54, 1.807) is 11.3 Å². The van der Waals surface area contributed by atoms with Gasteiger partial charge in [-0.1, -0.05) is 18.9 Å². The van der Waals surface area contributed by atoms with Crippen molar-refractivity contribution in [3.05, 3.63) is 22.4 Å². The highest BCUT2D eigenvalue weighted by Gasteiger charge is 2.37. The van der Waals surface area contributed by atoms with Gasteiger partial charge in [0.05, 0.1) is 0 Å². The normalized spacial score (nSPS) is 16.7. The Bertz CT molecular complexity index is 493. The number of carbonyl (C=O) groups is 2. The SMILES string of the molecule is CN(C)CCNC(=O)C(=O)NCC1(c2cccs2)CCCC1. The van der Waals surface area contributed by atoms with Crippen LogP contribution >= 0.6 is 11.3 Å². The highest BCUT2D eigenvalue weighted by molar-refractivity contribution is 7.10. The molecule has 0 aliphatic heterocycles. The topological polar surface area (TPSA) is 61.4 Å². The van der Waals surface area contributed by atoms with Gasteiger partial charge in [-0.15, -0.1) is 11.3 Å². The molecule has 2 N–H and O–H groups in total. The Hall–Kier alpha value is -1.40. The first kappa shape index (κ1) is 17.0. The minimum Gasteiger partial charge on any atom is -0.347 e. The van der Waals surface area contributed by atoms with Crippen molar-refractivity contribution in [2.45, 2.75) is 31.1 Å². The molecule has 1 heterocycles. The molecular formula is C16H25N3O2S. The Labute approximate surface area is 136 Å². The molecule has 1 saturated carbocycles. The second-order valence-electron chi connectivity index (χ2n) is 6.21. The van der Waals surface area contributed by atoms with Crippen molar-refractivity contribution < 1.29 is 9.59 Å². The van der Waals surface area contributed by atoms with Gasteiger partial charge in [-0.25, -0.2) is 0 Å². The third-order valence-electron chi connectivity index (χ3n) is 4.24. The van der Waals surface area contributed by atoms with Gasteiger partial charge in [0.2, 0.25) is 0 Å². The van der Waals surface area contributed by atoms with Crippen LogP contribution in [0.4, 0.5) is 0 Å². The number of thiophene rings is 1. The molecule has 2 rings (SSSR count). The number of nitrogens with one attached hydrogen (secondary N) is 2. The van der Waals surface area contributed by atoms with Crippen molar-refractivity contribution in [2.24, 2.45) is 0 Å². The molecule has 1 aliphatic rings. The van der Waals surface area contributed by atoms with Gasteiger partial charge in [0.15, 0.2) is 0 Å². The summed E-state index contributed by atoms with van der Waals surface area (Å²) in [6, 6.07) is 4.19. The van der Waals surface area contributed by atoms with Crippen molar-refractivity contribution >= 4 is 23.2 Å².